The summed E-state index contributed by atoms with van der Waals surface area (Å²) >= 11 is 5.98. The summed E-state index contributed by atoms with van der Waals surface area (Å²) in [6.07, 6.45) is 7.13. The van der Waals surface area contributed by atoms with Crippen LogP contribution in [0.1, 0.15) is 12.8 Å². The average Bonchev–Trinajstić information content (AvgIpc) is 1.77. The molecule has 8 heavy (non-hydrogen) atoms. The van der Waals surface area contributed by atoms with Crippen molar-refractivity contribution in [2.75, 3.05) is 0 Å². The van der Waals surface area contributed by atoms with Crippen LogP contribution in [-0.4, -0.2) is 8.75 Å². The number of alkyl halides is 2. The van der Waals surface area contributed by atoms with Crippen molar-refractivity contribution in [2.24, 2.45) is 0 Å². The standard InChI is InChI=1S/C6H8BrI/c7-5-1-3-6(8)4-2-5/h1,3,5-6H,2,4H2. The molecule has 0 aromatic heterocycles. The number of allylic oxidation sites excluding steroid dienone is 2. The van der Waals surface area contributed by atoms with Gasteiger partial charge in [0, 0.05) is 8.75 Å². The average molecular weight is 287 g/mol. The molecule has 46 valence electrons. The number of hydrogen-bond acceptors (Lipinski definition) is 0. The summed E-state index contributed by atoms with van der Waals surface area (Å²) in [6.45, 7) is 0. The zero-order valence-corrected chi connectivity index (χ0v) is 8.22. The zero-order valence-electron chi connectivity index (χ0n) is 4.48. The van der Waals surface area contributed by atoms with E-state index in [0.29, 0.717) is 4.83 Å². The van der Waals surface area contributed by atoms with Crippen LogP contribution < -0.4 is 0 Å². The summed E-state index contributed by atoms with van der Waals surface area (Å²) in [7, 11) is 0. The van der Waals surface area contributed by atoms with Crippen LogP contribution in [0.4, 0.5) is 0 Å². The lowest BCUT2D eigenvalue weighted by molar-refractivity contribution is 0.773. The fraction of sp³-hybridized carbons (Fsp3) is 0.667. The lowest BCUT2D eigenvalue weighted by Gasteiger charge is -2.12. The van der Waals surface area contributed by atoms with Gasteiger partial charge >= 0.3 is 0 Å². The Hall–Kier alpha value is 0.950. The van der Waals surface area contributed by atoms with Crippen LogP contribution in [0, 0.1) is 0 Å². The normalized spacial score (nSPS) is 37.8. The van der Waals surface area contributed by atoms with E-state index in [1.165, 1.54) is 12.8 Å². The van der Waals surface area contributed by atoms with E-state index in [0.717, 1.165) is 3.92 Å². The number of hydrogen-bond donors (Lipinski definition) is 0. The van der Waals surface area contributed by atoms with Crippen LogP contribution in [0.2, 0.25) is 0 Å². The second kappa shape index (κ2) is 3.20. The molecule has 1 aliphatic rings. The summed E-state index contributed by atoms with van der Waals surface area (Å²) in [5.74, 6) is 0. The molecule has 0 aromatic carbocycles. The highest BCUT2D eigenvalue weighted by Crippen LogP contribution is 2.22. The van der Waals surface area contributed by atoms with Crippen LogP contribution in [0.15, 0.2) is 12.2 Å². The minimum atomic E-state index is 0.647. The first-order valence-corrected chi connectivity index (χ1v) is 4.91. The highest BCUT2D eigenvalue weighted by molar-refractivity contribution is 14.1. The summed E-state index contributed by atoms with van der Waals surface area (Å²) in [5.41, 5.74) is 0. The first-order chi connectivity index (χ1) is 3.79. The Morgan fingerprint density at radius 2 is 2.12 bits per heavy atom. The van der Waals surface area contributed by atoms with Crippen molar-refractivity contribution in [3.8, 4) is 0 Å². The molecule has 2 unspecified atom stereocenters. The van der Waals surface area contributed by atoms with E-state index >= 15 is 0 Å². The molecule has 0 amide bonds. The molecular weight excluding hydrogens is 279 g/mol. The smallest absolute Gasteiger partial charge is 0.0326 e. The molecule has 1 rings (SSSR count). The number of halogens is 2. The fourth-order valence-corrected chi connectivity index (χ4v) is 1.79. The van der Waals surface area contributed by atoms with Crippen molar-refractivity contribution >= 4 is 38.5 Å². The van der Waals surface area contributed by atoms with Crippen molar-refractivity contribution in [2.45, 2.75) is 21.6 Å². The first kappa shape index (κ1) is 7.06. The topological polar surface area (TPSA) is 0 Å². The molecule has 0 nitrogen and oxygen atoms in total. The lowest BCUT2D eigenvalue weighted by Crippen LogP contribution is -2.05. The first-order valence-electron chi connectivity index (χ1n) is 2.75. The maximum atomic E-state index is 3.53. The predicted molar refractivity (Wildman–Crippen MR) is 48.9 cm³/mol. The molecule has 0 spiro atoms. The molecule has 0 aliphatic heterocycles. The fourth-order valence-electron chi connectivity index (χ4n) is 0.752. The van der Waals surface area contributed by atoms with Crippen LogP contribution in [0.5, 0.6) is 0 Å². The van der Waals surface area contributed by atoms with Gasteiger partial charge in [0.25, 0.3) is 0 Å². The molecular formula is C6H8BrI. The van der Waals surface area contributed by atoms with Gasteiger partial charge in [0.2, 0.25) is 0 Å². The molecule has 0 saturated heterocycles. The summed E-state index contributed by atoms with van der Waals surface area (Å²) in [6, 6.07) is 0. The van der Waals surface area contributed by atoms with Crippen molar-refractivity contribution in [3.05, 3.63) is 12.2 Å². The molecule has 0 saturated carbocycles. The molecule has 1 aliphatic carbocycles. The van der Waals surface area contributed by atoms with E-state index < -0.39 is 0 Å². The van der Waals surface area contributed by atoms with Gasteiger partial charge in [-0.15, -0.1) is 0 Å². The van der Waals surface area contributed by atoms with Crippen LogP contribution in [0.3, 0.4) is 0 Å². The Balaban J connectivity index is 2.42. The predicted octanol–water partition coefficient (Wildman–Crippen LogP) is 2.90. The van der Waals surface area contributed by atoms with E-state index in [1.807, 2.05) is 0 Å². The highest BCUT2D eigenvalue weighted by atomic mass is 127. The molecule has 0 radical (unpaired) electrons. The van der Waals surface area contributed by atoms with Crippen LogP contribution in [0.25, 0.3) is 0 Å². The second-order valence-electron chi connectivity index (χ2n) is 1.99. The van der Waals surface area contributed by atoms with E-state index in [-0.39, 0.29) is 0 Å². The Morgan fingerprint density at radius 3 is 2.50 bits per heavy atom. The van der Waals surface area contributed by atoms with Crippen LogP contribution in [-0.2, 0) is 0 Å². The minimum absolute atomic E-state index is 0.647. The van der Waals surface area contributed by atoms with Crippen molar-refractivity contribution in [1.29, 1.82) is 0 Å². The lowest BCUT2D eigenvalue weighted by atomic mass is 10.1. The van der Waals surface area contributed by atoms with Gasteiger partial charge in [-0.25, -0.2) is 0 Å². The van der Waals surface area contributed by atoms with Gasteiger partial charge in [-0.2, -0.15) is 0 Å². The Morgan fingerprint density at radius 1 is 1.38 bits per heavy atom. The Bertz CT molecular complexity index is 88.7. The van der Waals surface area contributed by atoms with E-state index in [2.05, 4.69) is 50.7 Å². The van der Waals surface area contributed by atoms with Crippen molar-refractivity contribution in [3.63, 3.8) is 0 Å². The maximum Gasteiger partial charge on any atom is 0.0326 e. The third kappa shape index (κ3) is 2.05. The maximum absolute atomic E-state index is 3.53. The summed E-state index contributed by atoms with van der Waals surface area (Å²) in [4.78, 5) is 0.647. The van der Waals surface area contributed by atoms with E-state index in [9.17, 15) is 0 Å². The molecule has 0 heterocycles. The van der Waals surface area contributed by atoms with Gasteiger partial charge in [0.1, 0.15) is 0 Å². The summed E-state index contributed by atoms with van der Waals surface area (Å²) in [5, 5.41) is 0. The molecule has 0 bridgehead atoms. The monoisotopic (exact) mass is 286 g/mol. The Labute approximate surface area is 72.0 Å². The third-order valence-electron chi connectivity index (χ3n) is 1.25. The second-order valence-corrected chi connectivity index (χ2v) is 4.77. The molecule has 0 aromatic rings. The molecule has 0 fully saturated rings. The van der Waals surface area contributed by atoms with E-state index in [4.69, 9.17) is 0 Å². The quantitative estimate of drug-likeness (QED) is 0.365. The Kier molecular flexibility index (Phi) is 2.83. The zero-order chi connectivity index (χ0) is 5.98. The van der Waals surface area contributed by atoms with Gasteiger partial charge in [-0.3, -0.25) is 0 Å². The van der Waals surface area contributed by atoms with Crippen LogP contribution >= 0.6 is 38.5 Å². The highest BCUT2D eigenvalue weighted by Gasteiger charge is 2.08. The van der Waals surface area contributed by atoms with Gasteiger partial charge in [0.05, 0.1) is 0 Å². The molecule has 2 heteroatoms. The largest absolute Gasteiger partial charge is 0.0845 e. The molecule has 2 atom stereocenters. The summed E-state index contributed by atoms with van der Waals surface area (Å²) < 4.78 is 0.779. The van der Waals surface area contributed by atoms with Gasteiger partial charge in [-0.05, 0) is 12.8 Å². The minimum Gasteiger partial charge on any atom is -0.0845 e. The van der Waals surface area contributed by atoms with Gasteiger partial charge in [0.15, 0.2) is 0 Å². The van der Waals surface area contributed by atoms with Gasteiger partial charge in [-0.1, -0.05) is 50.7 Å². The van der Waals surface area contributed by atoms with Crippen molar-refractivity contribution < 1.29 is 0 Å². The number of rotatable bonds is 0. The SMILES string of the molecule is BrC1C=CC(I)CC1. The van der Waals surface area contributed by atoms with Gasteiger partial charge < -0.3 is 0 Å². The molecule has 0 N–H and O–H groups in total. The third-order valence-corrected chi connectivity index (χ3v) is 3.05. The van der Waals surface area contributed by atoms with E-state index in [1.54, 1.807) is 0 Å². The van der Waals surface area contributed by atoms with Crippen molar-refractivity contribution in [1.82, 2.24) is 0 Å².